The van der Waals surface area contributed by atoms with Gasteiger partial charge in [-0.1, -0.05) is 10.7 Å². The van der Waals surface area contributed by atoms with E-state index >= 15 is 0 Å². The molecule has 0 saturated carbocycles. The molecule has 0 aliphatic carbocycles. The number of nitrogens with zero attached hydrogens (tertiary/aromatic N) is 4. The zero-order valence-corrected chi connectivity index (χ0v) is 9.42. The first kappa shape index (κ1) is 12.4. The lowest BCUT2D eigenvalue weighted by Crippen LogP contribution is -2.34. The average molecular weight is 257 g/mol. The summed E-state index contributed by atoms with van der Waals surface area (Å²) < 4.78 is 44.1. The minimum absolute atomic E-state index is 0.0455. The first-order valence-corrected chi connectivity index (χ1v) is 5.08. The van der Waals surface area contributed by atoms with Gasteiger partial charge < -0.3 is 17.7 Å². The molecule has 2 rings (SSSR count). The van der Waals surface area contributed by atoms with Crippen molar-refractivity contribution in [1.82, 2.24) is 20.0 Å². The SMILES string of the molecule is Cn1cc(COc2cncc([B-](F)(F)F)c2)nn1. The molecule has 0 N–H and O–H groups in total. The summed E-state index contributed by atoms with van der Waals surface area (Å²) in [7, 11) is 1.69. The second-order valence-corrected chi connectivity index (χ2v) is 3.70. The second kappa shape index (κ2) is 4.67. The number of aromatic nitrogens is 4. The zero-order chi connectivity index (χ0) is 13.2. The summed E-state index contributed by atoms with van der Waals surface area (Å²) in [5, 5.41) is 7.43. The van der Waals surface area contributed by atoms with Gasteiger partial charge in [0.2, 0.25) is 0 Å². The van der Waals surface area contributed by atoms with E-state index in [1.807, 2.05) is 0 Å². The standard InChI is InChI=1S/C9H9BF3N4O/c1-17-5-8(15-16-17)6-18-9-2-7(3-14-4-9)10(11,12)13/h2-5H,6H2,1H3/q-1. The highest BCUT2D eigenvalue weighted by Gasteiger charge is 2.26. The number of halogens is 3. The third-order valence-corrected chi connectivity index (χ3v) is 2.15. The molecule has 0 unspecified atom stereocenters. The molecular weight excluding hydrogens is 248 g/mol. The number of aryl methyl sites for hydroxylation is 1. The van der Waals surface area contributed by atoms with E-state index in [1.165, 1.54) is 10.9 Å². The number of hydrogen-bond acceptors (Lipinski definition) is 4. The van der Waals surface area contributed by atoms with Crippen molar-refractivity contribution >= 4 is 12.4 Å². The molecule has 5 nitrogen and oxygen atoms in total. The summed E-state index contributed by atoms with van der Waals surface area (Å²) >= 11 is 0. The monoisotopic (exact) mass is 257 g/mol. The highest BCUT2D eigenvalue weighted by atomic mass is 19.4. The van der Waals surface area contributed by atoms with Gasteiger partial charge in [0.1, 0.15) is 18.1 Å². The van der Waals surface area contributed by atoms with Crippen LogP contribution >= 0.6 is 0 Å². The molecule has 0 aromatic carbocycles. The van der Waals surface area contributed by atoms with Gasteiger partial charge in [-0.05, 0) is 6.07 Å². The Bertz CT molecular complexity index is 543. The van der Waals surface area contributed by atoms with Gasteiger partial charge in [-0.25, -0.2) is 0 Å². The van der Waals surface area contributed by atoms with Crippen LogP contribution in [0.2, 0.25) is 0 Å². The van der Waals surface area contributed by atoms with Gasteiger partial charge in [-0.2, -0.15) is 0 Å². The minimum atomic E-state index is -5.07. The zero-order valence-electron chi connectivity index (χ0n) is 9.42. The number of rotatable bonds is 4. The number of ether oxygens (including phenoxy) is 1. The van der Waals surface area contributed by atoms with Crippen molar-refractivity contribution in [2.24, 2.45) is 7.05 Å². The fraction of sp³-hybridized carbons (Fsp3) is 0.222. The van der Waals surface area contributed by atoms with E-state index < -0.39 is 12.4 Å². The molecular formula is C9H9BF3N4O-. The molecule has 2 aromatic rings. The van der Waals surface area contributed by atoms with Crippen LogP contribution < -0.4 is 10.2 Å². The Morgan fingerprint density at radius 3 is 2.72 bits per heavy atom. The molecule has 0 aliphatic heterocycles. The Balaban J connectivity index is 2.06. The molecule has 0 spiro atoms. The van der Waals surface area contributed by atoms with Crippen molar-refractivity contribution in [3.63, 3.8) is 0 Å². The predicted molar refractivity (Wildman–Crippen MR) is 58.3 cm³/mol. The predicted octanol–water partition coefficient (Wildman–Crippen LogP) is 0.843. The lowest BCUT2D eigenvalue weighted by molar-refractivity contribution is 0.300. The molecule has 9 heteroatoms. The molecule has 0 atom stereocenters. The first-order chi connectivity index (χ1) is 8.45. The molecule has 0 aliphatic rings. The first-order valence-electron chi connectivity index (χ1n) is 5.08. The van der Waals surface area contributed by atoms with E-state index in [1.54, 1.807) is 13.2 Å². The highest BCUT2D eigenvalue weighted by molar-refractivity contribution is 6.73. The lowest BCUT2D eigenvalue weighted by Gasteiger charge is -2.15. The van der Waals surface area contributed by atoms with Crippen molar-refractivity contribution in [1.29, 1.82) is 0 Å². The number of hydrogen-bond donors (Lipinski definition) is 0. The Kier molecular flexibility index (Phi) is 3.22. The summed E-state index contributed by atoms with van der Waals surface area (Å²) in [6.45, 7) is -5.02. The summed E-state index contributed by atoms with van der Waals surface area (Å²) in [4.78, 5) is 3.50. The molecule has 2 aromatic heterocycles. The molecule has 2 heterocycles. The Labute approximate surface area is 101 Å². The van der Waals surface area contributed by atoms with Gasteiger partial charge in [-0.3, -0.25) is 9.67 Å². The van der Waals surface area contributed by atoms with Crippen LogP contribution in [-0.4, -0.2) is 27.0 Å². The fourth-order valence-electron chi connectivity index (χ4n) is 1.31. The van der Waals surface area contributed by atoms with Gasteiger partial charge in [-0.15, -0.1) is 5.10 Å². The normalized spacial score (nSPS) is 11.6. The van der Waals surface area contributed by atoms with Crippen LogP contribution in [0, 0.1) is 0 Å². The maximum Gasteiger partial charge on any atom is 0.511 e. The summed E-state index contributed by atoms with van der Waals surface area (Å²) in [6.07, 6.45) is 3.61. The molecule has 0 fully saturated rings. The topological polar surface area (TPSA) is 52.8 Å². The number of pyridine rings is 1. The van der Waals surface area contributed by atoms with Crippen molar-refractivity contribution in [3.8, 4) is 5.75 Å². The Hall–Kier alpha value is -2.06. The van der Waals surface area contributed by atoms with Crippen molar-refractivity contribution in [2.45, 2.75) is 6.61 Å². The molecule has 0 saturated heterocycles. The third kappa shape index (κ3) is 2.99. The van der Waals surface area contributed by atoms with Gasteiger partial charge >= 0.3 is 6.98 Å². The quantitative estimate of drug-likeness (QED) is 0.761. The van der Waals surface area contributed by atoms with E-state index in [4.69, 9.17) is 4.74 Å². The maximum absolute atomic E-state index is 12.5. The summed E-state index contributed by atoms with van der Waals surface area (Å²) in [6, 6.07) is 0.920. The van der Waals surface area contributed by atoms with Crippen LogP contribution in [0.3, 0.4) is 0 Å². The molecule has 18 heavy (non-hydrogen) atoms. The maximum atomic E-state index is 12.5. The van der Waals surface area contributed by atoms with E-state index in [2.05, 4.69) is 15.3 Å². The van der Waals surface area contributed by atoms with Crippen molar-refractivity contribution < 1.29 is 17.7 Å². The van der Waals surface area contributed by atoms with Crippen LogP contribution in [0.5, 0.6) is 5.75 Å². The van der Waals surface area contributed by atoms with E-state index in [0.29, 0.717) is 5.69 Å². The molecule has 0 bridgehead atoms. The van der Waals surface area contributed by atoms with E-state index in [0.717, 1.165) is 12.3 Å². The largest absolute Gasteiger partial charge is 0.511 e. The summed E-state index contributed by atoms with van der Waals surface area (Å²) in [5.74, 6) is 0.0531. The van der Waals surface area contributed by atoms with Gasteiger partial charge in [0.15, 0.2) is 0 Å². The van der Waals surface area contributed by atoms with Crippen LogP contribution in [0.25, 0.3) is 0 Å². The van der Waals surface area contributed by atoms with Crippen LogP contribution in [0.15, 0.2) is 24.7 Å². The van der Waals surface area contributed by atoms with Crippen molar-refractivity contribution in [2.75, 3.05) is 0 Å². The van der Waals surface area contributed by atoms with Gasteiger partial charge in [0.05, 0.1) is 12.4 Å². The second-order valence-electron chi connectivity index (χ2n) is 3.70. The van der Waals surface area contributed by atoms with Crippen LogP contribution in [0.4, 0.5) is 12.9 Å². The summed E-state index contributed by atoms with van der Waals surface area (Å²) in [5.41, 5.74) is -0.257. The highest BCUT2D eigenvalue weighted by Crippen LogP contribution is 2.13. The third-order valence-electron chi connectivity index (χ3n) is 2.15. The fourth-order valence-corrected chi connectivity index (χ4v) is 1.31. The van der Waals surface area contributed by atoms with Crippen LogP contribution in [-0.2, 0) is 13.7 Å². The smallest absolute Gasteiger partial charge is 0.486 e. The van der Waals surface area contributed by atoms with Crippen LogP contribution in [0.1, 0.15) is 5.69 Å². The minimum Gasteiger partial charge on any atom is -0.486 e. The lowest BCUT2D eigenvalue weighted by atomic mass is 9.81. The van der Waals surface area contributed by atoms with E-state index in [-0.39, 0.29) is 12.4 Å². The molecule has 96 valence electrons. The average Bonchev–Trinajstić information content (AvgIpc) is 2.72. The molecule has 0 amide bonds. The Morgan fingerprint density at radius 1 is 1.33 bits per heavy atom. The van der Waals surface area contributed by atoms with Crippen molar-refractivity contribution in [3.05, 3.63) is 30.4 Å². The Morgan fingerprint density at radius 2 is 2.11 bits per heavy atom. The molecule has 0 radical (unpaired) electrons. The van der Waals surface area contributed by atoms with Gasteiger partial charge in [0, 0.05) is 13.2 Å². The van der Waals surface area contributed by atoms with E-state index in [9.17, 15) is 12.9 Å². The van der Waals surface area contributed by atoms with Gasteiger partial charge in [0.25, 0.3) is 0 Å².